The first-order chi connectivity index (χ1) is 11.3. The van der Waals surface area contributed by atoms with E-state index in [1.54, 1.807) is 7.11 Å². The van der Waals surface area contributed by atoms with Crippen molar-refractivity contribution in [2.45, 2.75) is 12.8 Å². The molecule has 1 N–H and O–H groups in total. The molecule has 0 radical (unpaired) electrons. The molecule has 0 bridgehead atoms. The molecule has 2 fully saturated rings. The van der Waals surface area contributed by atoms with E-state index in [-0.39, 0.29) is 18.3 Å². The lowest BCUT2D eigenvalue weighted by atomic mass is 9.97. The van der Waals surface area contributed by atoms with Gasteiger partial charge >= 0.3 is 0 Å². The standard InChI is InChI=1S/C18H27N3O2.ClH/c1-23-17-4-2-3-16(13-17)18(22)21-11-9-20(10-12-21)14-15-5-7-19-8-6-15;/h2-4,13,15,19H,5-12,14H2,1H3;1H. The predicted molar refractivity (Wildman–Crippen MR) is 98.2 cm³/mol. The summed E-state index contributed by atoms with van der Waals surface area (Å²) in [6.07, 6.45) is 2.56. The highest BCUT2D eigenvalue weighted by molar-refractivity contribution is 5.94. The average Bonchev–Trinajstić information content (AvgIpc) is 2.63. The molecule has 2 aliphatic rings. The quantitative estimate of drug-likeness (QED) is 0.897. The zero-order valence-electron chi connectivity index (χ0n) is 14.4. The first-order valence-corrected chi connectivity index (χ1v) is 8.62. The monoisotopic (exact) mass is 353 g/mol. The number of nitrogens with one attached hydrogen (secondary N) is 1. The number of carbonyl (C=O) groups excluding carboxylic acids is 1. The molecule has 134 valence electrons. The van der Waals surface area contributed by atoms with E-state index in [1.807, 2.05) is 29.2 Å². The Bertz CT molecular complexity index is 527. The van der Waals surface area contributed by atoms with Crippen molar-refractivity contribution in [2.24, 2.45) is 5.92 Å². The van der Waals surface area contributed by atoms with E-state index in [1.165, 1.54) is 19.4 Å². The van der Waals surface area contributed by atoms with Crippen LogP contribution in [0, 0.1) is 5.92 Å². The van der Waals surface area contributed by atoms with Crippen LogP contribution < -0.4 is 10.1 Å². The lowest BCUT2D eigenvalue weighted by Crippen LogP contribution is -2.50. The molecule has 0 aromatic heterocycles. The van der Waals surface area contributed by atoms with Crippen molar-refractivity contribution in [1.82, 2.24) is 15.1 Å². The summed E-state index contributed by atoms with van der Waals surface area (Å²) in [7, 11) is 1.63. The molecule has 5 nitrogen and oxygen atoms in total. The second-order valence-electron chi connectivity index (χ2n) is 6.52. The van der Waals surface area contributed by atoms with Crippen LogP contribution >= 0.6 is 12.4 Å². The number of hydrogen-bond acceptors (Lipinski definition) is 4. The molecule has 1 amide bonds. The third-order valence-electron chi connectivity index (χ3n) is 4.95. The maximum atomic E-state index is 12.6. The first-order valence-electron chi connectivity index (χ1n) is 8.62. The van der Waals surface area contributed by atoms with Crippen molar-refractivity contribution in [3.8, 4) is 5.75 Å². The number of amides is 1. The number of benzene rings is 1. The Labute approximate surface area is 150 Å². The number of nitrogens with zero attached hydrogens (tertiary/aromatic N) is 2. The van der Waals surface area contributed by atoms with Crippen LogP contribution in [0.25, 0.3) is 0 Å². The van der Waals surface area contributed by atoms with E-state index >= 15 is 0 Å². The fourth-order valence-corrected chi connectivity index (χ4v) is 3.50. The molecule has 1 aromatic carbocycles. The highest BCUT2D eigenvalue weighted by Gasteiger charge is 2.24. The zero-order chi connectivity index (χ0) is 16.1. The van der Waals surface area contributed by atoms with Crippen molar-refractivity contribution in [3.05, 3.63) is 29.8 Å². The summed E-state index contributed by atoms with van der Waals surface area (Å²) in [5.41, 5.74) is 0.719. The van der Waals surface area contributed by atoms with Gasteiger partial charge in [-0.3, -0.25) is 9.69 Å². The van der Waals surface area contributed by atoms with Gasteiger partial charge in [0.15, 0.2) is 0 Å². The van der Waals surface area contributed by atoms with Gasteiger partial charge in [-0.05, 0) is 50.0 Å². The molecule has 2 heterocycles. The molecule has 24 heavy (non-hydrogen) atoms. The van der Waals surface area contributed by atoms with Gasteiger partial charge in [-0.1, -0.05) is 6.07 Å². The summed E-state index contributed by atoms with van der Waals surface area (Å²) in [6.45, 7) is 7.10. The molecule has 2 aliphatic heterocycles. The molecule has 2 saturated heterocycles. The Morgan fingerprint density at radius 1 is 1.21 bits per heavy atom. The van der Waals surface area contributed by atoms with Crippen molar-refractivity contribution < 1.29 is 9.53 Å². The van der Waals surface area contributed by atoms with Gasteiger partial charge in [-0.15, -0.1) is 12.4 Å². The molecule has 0 atom stereocenters. The normalized spacial score (nSPS) is 19.6. The minimum Gasteiger partial charge on any atom is -0.497 e. The molecule has 0 aliphatic carbocycles. The smallest absolute Gasteiger partial charge is 0.254 e. The number of methoxy groups -OCH3 is 1. The summed E-state index contributed by atoms with van der Waals surface area (Å²) in [6, 6.07) is 7.43. The van der Waals surface area contributed by atoms with Crippen molar-refractivity contribution in [2.75, 3.05) is 52.9 Å². The highest BCUT2D eigenvalue weighted by Crippen LogP contribution is 2.17. The minimum absolute atomic E-state index is 0. The molecule has 1 aromatic rings. The first kappa shape index (κ1) is 19.0. The number of halogens is 1. The molecule has 6 heteroatoms. The maximum absolute atomic E-state index is 12.6. The van der Waals surface area contributed by atoms with Gasteiger partial charge in [-0.25, -0.2) is 0 Å². The Morgan fingerprint density at radius 3 is 2.58 bits per heavy atom. The van der Waals surface area contributed by atoms with Gasteiger partial charge in [-0.2, -0.15) is 0 Å². The van der Waals surface area contributed by atoms with Gasteiger partial charge in [0.2, 0.25) is 0 Å². The summed E-state index contributed by atoms with van der Waals surface area (Å²) >= 11 is 0. The molecule has 0 saturated carbocycles. The van der Waals surface area contributed by atoms with Crippen LogP contribution in [0.1, 0.15) is 23.2 Å². The summed E-state index contributed by atoms with van der Waals surface area (Å²) in [4.78, 5) is 17.1. The average molecular weight is 354 g/mol. The summed E-state index contributed by atoms with van der Waals surface area (Å²) < 4.78 is 5.21. The van der Waals surface area contributed by atoms with E-state index in [4.69, 9.17) is 4.74 Å². The van der Waals surface area contributed by atoms with E-state index in [0.29, 0.717) is 0 Å². The Balaban J connectivity index is 0.00000208. The van der Waals surface area contributed by atoms with E-state index in [0.717, 1.165) is 56.5 Å². The lowest BCUT2D eigenvalue weighted by molar-refractivity contribution is 0.0608. The van der Waals surface area contributed by atoms with E-state index < -0.39 is 0 Å². The Kier molecular flexibility index (Phi) is 7.34. The fraction of sp³-hybridized carbons (Fsp3) is 0.611. The highest BCUT2D eigenvalue weighted by atomic mass is 35.5. The maximum Gasteiger partial charge on any atom is 0.254 e. The zero-order valence-corrected chi connectivity index (χ0v) is 15.2. The van der Waals surface area contributed by atoms with Crippen LogP contribution in [0.2, 0.25) is 0 Å². The second kappa shape index (κ2) is 9.25. The molecule has 0 spiro atoms. The molecule has 0 unspecified atom stereocenters. The van der Waals surface area contributed by atoms with Crippen molar-refractivity contribution in [3.63, 3.8) is 0 Å². The Hall–Kier alpha value is -1.30. The third kappa shape index (κ3) is 4.85. The number of ether oxygens (including phenoxy) is 1. The summed E-state index contributed by atoms with van der Waals surface area (Å²) in [5, 5.41) is 3.42. The summed E-state index contributed by atoms with van der Waals surface area (Å²) in [5.74, 6) is 1.67. The second-order valence-corrected chi connectivity index (χ2v) is 6.52. The van der Waals surface area contributed by atoms with E-state index in [2.05, 4.69) is 10.2 Å². The Morgan fingerprint density at radius 2 is 1.92 bits per heavy atom. The van der Waals surface area contributed by atoms with Gasteiger partial charge in [0.25, 0.3) is 5.91 Å². The SMILES string of the molecule is COc1cccc(C(=O)N2CCN(CC3CCNCC3)CC2)c1.Cl. The third-order valence-corrected chi connectivity index (χ3v) is 4.95. The topological polar surface area (TPSA) is 44.8 Å². The number of piperidine rings is 1. The van der Waals surface area contributed by atoms with Gasteiger partial charge in [0.1, 0.15) is 5.75 Å². The number of hydrogen-bond donors (Lipinski definition) is 1. The van der Waals surface area contributed by atoms with Crippen LogP contribution in [-0.4, -0.2) is 68.6 Å². The van der Waals surface area contributed by atoms with Crippen LogP contribution in [0.15, 0.2) is 24.3 Å². The van der Waals surface area contributed by atoms with Gasteiger partial charge < -0.3 is 15.0 Å². The molecular weight excluding hydrogens is 326 g/mol. The number of piperazine rings is 1. The number of rotatable bonds is 4. The lowest BCUT2D eigenvalue weighted by Gasteiger charge is -2.37. The molecular formula is C18H28ClN3O2. The van der Waals surface area contributed by atoms with Crippen LogP contribution in [0.3, 0.4) is 0 Å². The van der Waals surface area contributed by atoms with Crippen LogP contribution in [0.5, 0.6) is 5.75 Å². The van der Waals surface area contributed by atoms with Crippen LogP contribution in [0.4, 0.5) is 0 Å². The number of carbonyl (C=O) groups is 1. The molecule has 3 rings (SSSR count). The fourth-order valence-electron chi connectivity index (χ4n) is 3.50. The predicted octanol–water partition coefficient (Wildman–Crippen LogP) is 1.87. The van der Waals surface area contributed by atoms with Gasteiger partial charge in [0.05, 0.1) is 7.11 Å². The minimum atomic E-state index is 0. The van der Waals surface area contributed by atoms with E-state index in [9.17, 15) is 4.79 Å². The van der Waals surface area contributed by atoms with Crippen molar-refractivity contribution in [1.29, 1.82) is 0 Å². The van der Waals surface area contributed by atoms with Crippen LogP contribution in [-0.2, 0) is 0 Å². The largest absolute Gasteiger partial charge is 0.497 e. The van der Waals surface area contributed by atoms with Crippen molar-refractivity contribution >= 4 is 18.3 Å². The van der Waals surface area contributed by atoms with Gasteiger partial charge in [0, 0.05) is 38.3 Å².